The Bertz CT molecular complexity index is 624. The van der Waals surface area contributed by atoms with E-state index in [0.717, 1.165) is 0 Å². The monoisotopic (exact) mass is 483 g/mol. The molecule has 0 fully saturated rings. The van der Waals surface area contributed by atoms with Gasteiger partial charge in [-0.1, -0.05) is 0 Å². The first kappa shape index (κ1) is 28.4. The fourth-order valence-electron chi connectivity index (χ4n) is 2.13. The van der Waals surface area contributed by atoms with Crippen molar-refractivity contribution in [1.29, 1.82) is 0 Å². The Morgan fingerprint density at radius 3 is 1.87 bits per heavy atom. The van der Waals surface area contributed by atoms with Gasteiger partial charge in [0.25, 0.3) is 0 Å². The van der Waals surface area contributed by atoms with Gasteiger partial charge in [0.2, 0.25) is 23.6 Å². The molecule has 0 heterocycles. The third-order valence-electron chi connectivity index (χ3n) is 3.89. The van der Waals surface area contributed by atoms with Crippen molar-refractivity contribution in [3.63, 3.8) is 0 Å². The smallest absolute Gasteiger partial charge is 0.327 e. The van der Waals surface area contributed by atoms with Gasteiger partial charge in [-0.05, 0) is 24.9 Å². The number of carboxylic acids is 1. The van der Waals surface area contributed by atoms with Gasteiger partial charge < -0.3 is 32.5 Å². The third-order valence-corrected chi connectivity index (χ3v) is 5.27. The number of carbonyl (C=O) groups excluding carboxylic acids is 4. The molecule has 172 valence electrons. The average molecular weight is 484 g/mol. The van der Waals surface area contributed by atoms with Crippen LogP contribution in [0.5, 0.6) is 0 Å². The number of aliphatic carboxylic acids is 1. The first-order chi connectivity index (χ1) is 14.1. The molecule has 0 aliphatic rings. The molecule has 4 amide bonds. The summed E-state index contributed by atoms with van der Waals surface area (Å²) < 4.78 is 0. The van der Waals surface area contributed by atoms with E-state index in [2.05, 4.69) is 41.2 Å². The lowest BCUT2D eigenvalue weighted by Crippen LogP contribution is -2.58. The molecule has 0 aliphatic carbocycles. The Morgan fingerprint density at radius 1 is 0.900 bits per heavy atom. The first-order valence-electron chi connectivity index (χ1n) is 8.95. The lowest BCUT2D eigenvalue weighted by atomic mass is 10.1. The lowest BCUT2D eigenvalue weighted by molar-refractivity contribution is -0.141. The van der Waals surface area contributed by atoms with Gasteiger partial charge in [0.05, 0.1) is 6.04 Å². The van der Waals surface area contributed by atoms with Crippen molar-refractivity contribution in [2.75, 3.05) is 23.5 Å². The number of hydrogen-bond acceptors (Lipinski definition) is 9. The Hall–Kier alpha value is -1.64. The molecule has 0 aromatic heterocycles. The summed E-state index contributed by atoms with van der Waals surface area (Å²) in [7, 11) is 0. The first-order valence-corrected chi connectivity index (χ1v) is 11.6. The molecule has 0 saturated carbocycles. The summed E-state index contributed by atoms with van der Waals surface area (Å²) in [6.45, 7) is 0. The van der Waals surface area contributed by atoms with Crippen molar-refractivity contribution in [2.45, 2.75) is 43.4 Å². The summed E-state index contributed by atoms with van der Waals surface area (Å²) >= 11 is 9.36. The minimum absolute atomic E-state index is 0.0997. The van der Waals surface area contributed by atoms with Crippen LogP contribution in [0, 0.1) is 0 Å². The minimum atomic E-state index is -1.28. The zero-order valence-electron chi connectivity index (χ0n) is 16.5. The number of thiol groups is 2. The molecule has 0 aromatic rings. The number of thioether (sulfide) groups is 1. The zero-order valence-corrected chi connectivity index (χ0v) is 19.1. The number of primary amides is 1. The predicted molar refractivity (Wildman–Crippen MR) is 121 cm³/mol. The average Bonchev–Trinajstić information content (AvgIpc) is 2.70. The molecule has 0 radical (unpaired) electrons. The number of rotatable bonds is 15. The maximum absolute atomic E-state index is 12.6. The molecule has 4 atom stereocenters. The fraction of sp³-hybridized carbons (Fsp3) is 0.688. The van der Waals surface area contributed by atoms with E-state index in [-0.39, 0.29) is 24.3 Å². The van der Waals surface area contributed by atoms with E-state index >= 15 is 0 Å². The zero-order chi connectivity index (χ0) is 23.3. The standard InChI is InChI=1S/C16H29N5O6S3/c1-30-5-4-8(17)13(23)19-9(2-3-12(18)22)14(24)20-10(6-28)15(25)21-11(7-29)16(26)27/h8-11,28-29H,2-7,17H2,1H3,(H2,18,22)(H,19,23)(H,20,24)(H,21,25)(H,26,27). The second-order valence-electron chi connectivity index (χ2n) is 6.28. The van der Waals surface area contributed by atoms with Crippen molar-refractivity contribution < 1.29 is 29.1 Å². The highest BCUT2D eigenvalue weighted by atomic mass is 32.2. The van der Waals surface area contributed by atoms with Crippen LogP contribution in [0.1, 0.15) is 19.3 Å². The summed E-state index contributed by atoms with van der Waals surface area (Å²) in [6, 6.07) is -4.45. The van der Waals surface area contributed by atoms with Crippen LogP contribution in [0.3, 0.4) is 0 Å². The predicted octanol–water partition coefficient (Wildman–Crippen LogP) is -2.27. The number of hydrogen-bond donors (Lipinski definition) is 8. The van der Waals surface area contributed by atoms with Gasteiger partial charge in [-0.2, -0.15) is 37.0 Å². The quantitative estimate of drug-likeness (QED) is 0.119. The van der Waals surface area contributed by atoms with Crippen LogP contribution < -0.4 is 27.4 Å². The molecule has 30 heavy (non-hydrogen) atoms. The molecular formula is C16H29N5O6S3. The molecule has 14 heteroatoms. The topological polar surface area (TPSA) is 194 Å². The van der Waals surface area contributed by atoms with E-state index in [1.54, 1.807) is 0 Å². The van der Waals surface area contributed by atoms with Gasteiger partial charge in [-0.3, -0.25) is 19.2 Å². The Kier molecular flexibility index (Phi) is 14.4. The normalized spacial score (nSPS) is 14.7. The lowest BCUT2D eigenvalue weighted by Gasteiger charge is -2.24. The van der Waals surface area contributed by atoms with Gasteiger partial charge in [-0.15, -0.1) is 0 Å². The highest BCUT2D eigenvalue weighted by Gasteiger charge is 2.29. The van der Waals surface area contributed by atoms with Crippen molar-refractivity contribution in [3.05, 3.63) is 0 Å². The number of nitrogens with two attached hydrogens (primary N) is 2. The molecular weight excluding hydrogens is 454 g/mol. The largest absolute Gasteiger partial charge is 0.480 e. The maximum Gasteiger partial charge on any atom is 0.327 e. The van der Waals surface area contributed by atoms with Crippen molar-refractivity contribution in [3.8, 4) is 0 Å². The molecule has 0 aliphatic heterocycles. The number of nitrogens with one attached hydrogen (secondary N) is 3. The molecule has 0 aromatic carbocycles. The highest BCUT2D eigenvalue weighted by Crippen LogP contribution is 2.03. The van der Waals surface area contributed by atoms with Crippen molar-refractivity contribution in [1.82, 2.24) is 16.0 Å². The van der Waals surface area contributed by atoms with Crippen LogP contribution in [-0.4, -0.2) is 82.4 Å². The summed E-state index contributed by atoms with van der Waals surface area (Å²) in [5.41, 5.74) is 10.9. The minimum Gasteiger partial charge on any atom is -0.480 e. The van der Waals surface area contributed by atoms with Gasteiger partial charge in [-0.25, -0.2) is 4.79 Å². The summed E-state index contributed by atoms with van der Waals surface area (Å²) in [4.78, 5) is 59.3. The molecule has 0 bridgehead atoms. The third kappa shape index (κ3) is 10.9. The fourth-order valence-corrected chi connectivity index (χ4v) is 3.13. The van der Waals surface area contributed by atoms with E-state index in [1.807, 2.05) is 6.26 Å². The van der Waals surface area contributed by atoms with Crippen molar-refractivity contribution >= 4 is 66.6 Å². The molecule has 4 unspecified atom stereocenters. The molecule has 0 saturated heterocycles. The Labute approximate surface area is 190 Å². The SMILES string of the molecule is CSCCC(N)C(=O)NC(CCC(N)=O)C(=O)NC(CS)C(=O)NC(CS)C(=O)O. The van der Waals surface area contributed by atoms with E-state index in [0.29, 0.717) is 12.2 Å². The van der Waals surface area contributed by atoms with E-state index in [9.17, 15) is 24.0 Å². The van der Waals surface area contributed by atoms with Gasteiger partial charge in [0.1, 0.15) is 18.1 Å². The Morgan fingerprint density at radius 2 is 1.40 bits per heavy atom. The van der Waals surface area contributed by atoms with Crippen LogP contribution in [-0.2, 0) is 24.0 Å². The van der Waals surface area contributed by atoms with Gasteiger partial charge >= 0.3 is 5.97 Å². The molecule has 11 nitrogen and oxygen atoms in total. The van der Waals surface area contributed by atoms with E-state index in [1.165, 1.54) is 11.8 Å². The summed E-state index contributed by atoms with van der Waals surface area (Å²) in [6.07, 6.45) is 1.96. The van der Waals surface area contributed by atoms with Crippen LogP contribution in [0.25, 0.3) is 0 Å². The number of carboxylic acid groups (broad SMARTS) is 1. The summed E-state index contributed by atoms with van der Waals surface area (Å²) in [5.74, 6) is -3.72. The molecule has 8 N–H and O–H groups in total. The summed E-state index contributed by atoms with van der Waals surface area (Å²) in [5, 5.41) is 16.1. The van der Waals surface area contributed by atoms with Crippen molar-refractivity contribution in [2.24, 2.45) is 11.5 Å². The highest BCUT2D eigenvalue weighted by molar-refractivity contribution is 7.98. The molecule has 0 rings (SSSR count). The molecule has 0 spiro atoms. The van der Waals surface area contributed by atoms with Gasteiger partial charge in [0.15, 0.2) is 0 Å². The Balaban J connectivity index is 5.17. The number of amides is 4. The van der Waals surface area contributed by atoms with E-state index < -0.39 is 53.8 Å². The van der Waals surface area contributed by atoms with Crippen LogP contribution in [0.15, 0.2) is 0 Å². The van der Waals surface area contributed by atoms with Crippen LogP contribution in [0.2, 0.25) is 0 Å². The number of carbonyl (C=O) groups is 5. The second kappa shape index (κ2) is 15.2. The van der Waals surface area contributed by atoms with Crippen LogP contribution in [0.4, 0.5) is 0 Å². The maximum atomic E-state index is 12.6. The van der Waals surface area contributed by atoms with E-state index in [4.69, 9.17) is 16.6 Å². The van der Waals surface area contributed by atoms with Gasteiger partial charge in [0, 0.05) is 17.9 Å². The second-order valence-corrected chi connectivity index (χ2v) is 8.00. The van der Waals surface area contributed by atoms with Crippen LogP contribution >= 0.6 is 37.0 Å².